The molecule has 0 aromatic heterocycles. The van der Waals surface area contributed by atoms with Gasteiger partial charge in [-0.05, 0) is 59.9 Å². The summed E-state index contributed by atoms with van der Waals surface area (Å²) in [6, 6.07) is 8.06. The van der Waals surface area contributed by atoms with Crippen LogP contribution in [0.3, 0.4) is 0 Å². The van der Waals surface area contributed by atoms with Gasteiger partial charge in [-0.15, -0.1) is 0 Å². The summed E-state index contributed by atoms with van der Waals surface area (Å²) < 4.78 is 16.2. The van der Waals surface area contributed by atoms with Crippen molar-refractivity contribution in [2.24, 2.45) is 0 Å². The lowest BCUT2D eigenvalue weighted by Crippen LogP contribution is -2.55. The van der Waals surface area contributed by atoms with E-state index in [2.05, 4.69) is 5.32 Å². The first-order chi connectivity index (χ1) is 14.8. The van der Waals surface area contributed by atoms with E-state index in [0.717, 1.165) is 12.1 Å². The Morgan fingerprint density at radius 2 is 1.66 bits per heavy atom. The molecule has 1 N–H and O–H groups in total. The van der Waals surface area contributed by atoms with Gasteiger partial charge in [0.05, 0.1) is 0 Å². The molecule has 8 nitrogen and oxygen atoms in total. The van der Waals surface area contributed by atoms with E-state index in [0.29, 0.717) is 13.0 Å². The Morgan fingerprint density at radius 3 is 2.19 bits per heavy atom. The lowest BCUT2D eigenvalue weighted by atomic mass is 10.0. The number of nitrogens with zero attached hydrogens (tertiary/aromatic N) is 1. The molecule has 0 bridgehead atoms. The number of nitrogens with one attached hydrogen (secondary N) is 1. The molecule has 0 spiro atoms. The molecular formula is C24H36N2O6. The van der Waals surface area contributed by atoms with Crippen molar-refractivity contribution in [3.63, 3.8) is 0 Å². The number of amides is 1. The molecular weight excluding hydrogens is 412 g/mol. The van der Waals surface area contributed by atoms with Crippen molar-refractivity contribution in [2.75, 3.05) is 13.1 Å². The molecule has 8 heteroatoms. The van der Waals surface area contributed by atoms with Crippen LogP contribution in [0.1, 0.15) is 59.9 Å². The quantitative estimate of drug-likeness (QED) is 0.481. The molecule has 178 valence electrons. The average Bonchev–Trinajstić information content (AvgIpc) is 2.62. The van der Waals surface area contributed by atoms with E-state index in [9.17, 15) is 14.4 Å². The first kappa shape index (κ1) is 25.6. The summed E-state index contributed by atoms with van der Waals surface area (Å²) in [4.78, 5) is 39.3. The second-order valence-corrected chi connectivity index (χ2v) is 9.95. The molecule has 1 saturated heterocycles. The predicted molar refractivity (Wildman–Crippen MR) is 120 cm³/mol. The fraction of sp³-hybridized carbons (Fsp3) is 0.625. The molecule has 1 amide bonds. The summed E-state index contributed by atoms with van der Waals surface area (Å²) in [5.74, 6) is -0.809. The normalized spacial score (nSPS) is 17.6. The van der Waals surface area contributed by atoms with E-state index < -0.39 is 29.3 Å². The molecule has 1 aromatic carbocycles. The number of likely N-dealkylation sites (tertiary alicyclic amines) is 1. The maximum Gasteiger partial charge on any atom is 0.408 e. The van der Waals surface area contributed by atoms with Gasteiger partial charge in [0.25, 0.3) is 0 Å². The van der Waals surface area contributed by atoms with E-state index in [4.69, 9.17) is 14.2 Å². The third-order valence-electron chi connectivity index (χ3n) is 4.71. The third kappa shape index (κ3) is 8.86. The Kier molecular flexibility index (Phi) is 8.66. The molecule has 2 atom stereocenters. The Hall–Kier alpha value is -2.61. The smallest absolute Gasteiger partial charge is 0.408 e. The highest BCUT2D eigenvalue weighted by Gasteiger charge is 2.38. The minimum absolute atomic E-state index is 0.0978. The third-order valence-corrected chi connectivity index (χ3v) is 4.71. The maximum atomic E-state index is 12.7. The summed E-state index contributed by atoms with van der Waals surface area (Å²) in [6.45, 7) is 12.1. The minimum atomic E-state index is -0.891. The molecule has 1 aliphatic heterocycles. The molecule has 32 heavy (non-hydrogen) atoms. The molecule has 1 fully saturated rings. The summed E-state index contributed by atoms with van der Waals surface area (Å²) in [5, 5.41) is 2.62. The number of benzene rings is 1. The SMILES string of the molecule is CC(C)(C)OC(=O)C(CCN1CCC1C(=O)OC(C)(C)C)NC(=O)OCc1ccccc1. The van der Waals surface area contributed by atoms with Crippen LogP contribution < -0.4 is 5.32 Å². The molecule has 0 aliphatic carbocycles. The monoisotopic (exact) mass is 448 g/mol. The van der Waals surface area contributed by atoms with Crippen molar-refractivity contribution < 1.29 is 28.6 Å². The van der Waals surface area contributed by atoms with Crippen molar-refractivity contribution in [3.8, 4) is 0 Å². The van der Waals surface area contributed by atoms with Gasteiger partial charge in [-0.1, -0.05) is 30.3 Å². The highest BCUT2D eigenvalue weighted by atomic mass is 16.6. The molecule has 1 aliphatic rings. The summed E-state index contributed by atoms with van der Waals surface area (Å²) in [6.07, 6.45) is 0.296. The highest BCUT2D eigenvalue weighted by Crippen LogP contribution is 2.22. The zero-order chi connectivity index (χ0) is 23.9. The van der Waals surface area contributed by atoms with Crippen LogP contribution in [0.15, 0.2) is 30.3 Å². The number of esters is 2. The first-order valence-electron chi connectivity index (χ1n) is 11.0. The Balaban J connectivity index is 1.94. The summed E-state index contributed by atoms with van der Waals surface area (Å²) in [7, 11) is 0. The van der Waals surface area contributed by atoms with Crippen molar-refractivity contribution in [1.29, 1.82) is 0 Å². The van der Waals surface area contributed by atoms with E-state index >= 15 is 0 Å². The van der Waals surface area contributed by atoms with Crippen molar-refractivity contribution in [1.82, 2.24) is 10.2 Å². The molecule has 1 heterocycles. The zero-order valence-corrected chi connectivity index (χ0v) is 20.0. The van der Waals surface area contributed by atoms with Gasteiger partial charge in [0.2, 0.25) is 0 Å². The fourth-order valence-electron chi connectivity index (χ4n) is 3.17. The maximum absolute atomic E-state index is 12.7. The van der Waals surface area contributed by atoms with Gasteiger partial charge in [0, 0.05) is 13.1 Å². The van der Waals surface area contributed by atoms with Crippen LogP contribution >= 0.6 is 0 Å². The largest absolute Gasteiger partial charge is 0.459 e. The Bertz CT molecular complexity index is 782. The van der Waals surface area contributed by atoms with Crippen LogP contribution in [-0.2, 0) is 30.4 Å². The van der Waals surface area contributed by atoms with Crippen molar-refractivity contribution >= 4 is 18.0 Å². The number of hydrogen-bond acceptors (Lipinski definition) is 7. The number of carbonyl (C=O) groups excluding carboxylic acids is 3. The first-order valence-corrected chi connectivity index (χ1v) is 11.0. The number of rotatable bonds is 8. The second-order valence-electron chi connectivity index (χ2n) is 9.95. The topological polar surface area (TPSA) is 94.2 Å². The van der Waals surface area contributed by atoms with Crippen LogP contribution in [0.2, 0.25) is 0 Å². The molecule has 2 unspecified atom stereocenters. The Labute approximate surface area is 190 Å². The zero-order valence-electron chi connectivity index (χ0n) is 20.0. The molecule has 0 saturated carbocycles. The van der Waals surface area contributed by atoms with Crippen molar-refractivity contribution in [3.05, 3.63) is 35.9 Å². The van der Waals surface area contributed by atoms with Crippen LogP contribution in [0.25, 0.3) is 0 Å². The predicted octanol–water partition coefficient (Wildman–Crippen LogP) is 3.43. The van der Waals surface area contributed by atoms with Gasteiger partial charge in [-0.3, -0.25) is 9.69 Å². The second kappa shape index (κ2) is 10.8. The van der Waals surface area contributed by atoms with Gasteiger partial charge >= 0.3 is 18.0 Å². The number of alkyl carbamates (subject to hydrolysis) is 1. The summed E-state index contributed by atoms with van der Waals surface area (Å²) >= 11 is 0. The van der Waals surface area contributed by atoms with E-state index in [-0.39, 0.29) is 25.0 Å². The van der Waals surface area contributed by atoms with Gasteiger partial charge in [0.1, 0.15) is 29.9 Å². The van der Waals surface area contributed by atoms with Crippen LogP contribution in [-0.4, -0.2) is 59.3 Å². The van der Waals surface area contributed by atoms with Gasteiger partial charge < -0.3 is 19.5 Å². The van der Waals surface area contributed by atoms with Crippen LogP contribution in [0.5, 0.6) is 0 Å². The summed E-state index contributed by atoms with van der Waals surface area (Å²) in [5.41, 5.74) is -0.403. The van der Waals surface area contributed by atoms with E-state index in [1.165, 1.54) is 0 Å². The van der Waals surface area contributed by atoms with Gasteiger partial charge in [-0.25, -0.2) is 9.59 Å². The number of carbonyl (C=O) groups is 3. The van der Waals surface area contributed by atoms with Gasteiger partial charge in [0.15, 0.2) is 0 Å². The van der Waals surface area contributed by atoms with Crippen molar-refractivity contribution in [2.45, 2.75) is 84.3 Å². The van der Waals surface area contributed by atoms with Crippen LogP contribution in [0.4, 0.5) is 4.79 Å². The molecule has 1 aromatic rings. The minimum Gasteiger partial charge on any atom is -0.459 e. The van der Waals surface area contributed by atoms with Gasteiger partial charge in [-0.2, -0.15) is 0 Å². The average molecular weight is 449 g/mol. The van der Waals surface area contributed by atoms with E-state index in [1.54, 1.807) is 20.8 Å². The highest BCUT2D eigenvalue weighted by molar-refractivity contribution is 5.81. The molecule has 0 radical (unpaired) electrons. The molecule has 2 rings (SSSR count). The number of hydrogen-bond donors (Lipinski definition) is 1. The standard InChI is InChI=1S/C24H36N2O6/c1-23(2,3)31-20(27)18(25-22(29)30-16-17-10-8-7-9-11-17)12-14-26-15-13-19(26)21(28)32-24(4,5)6/h7-11,18-19H,12-16H2,1-6H3,(H,25,29). The fourth-order valence-corrected chi connectivity index (χ4v) is 3.17. The van der Waals surface area contributed by atoms with Crippen LogP contribution in [0, 0.1) is 0 Å². The lowest BCUT2D eigenvalue weighted by molar-refractivity contribution is -0.166. The van der Waals surface area contributed by atoms with E-state index in [1.807, 2.05) is 56.0 Å². The lowest BCUT2D eigenvalue weighted by Gasteiger charge is -2.40. The number of ether oxygens (including phenoxy) is 3. The Morgan fingerprint density at radius 1 is 1.03 bits per heavy atom.